The number of rotatable bonds is 9. The number of hydrogen-bond acceptors (Lipinski definition) is 4. The summed E-state index contributed by atoms with van der Waals surface area (Å²) in [4.78, 5) is 12.2. The standard InChI is InChI=1S/C28H40O4Si/c1-21(26(29)32-27(2,3)4)30-19-22-18-23(22)20-31-33(28(5,6)7,24-14-10-8-11-15-24)25-16-12-9-13-17-25/h8-17,21-23H,18-20H2,1-7H3/t21?,22-,23+/m0/s1. The van der Waals surface area contributed by atoms with E-state index in [-0.39, 0.29) is 11.0 Å². The lowest BCUT2D eigenvalue weighted by Gasteiger charge is -2.43. The second-order valence-electron chi connectivity index (χ2n) is 11.2. The molecular weight excluding hydrogens is 428 g/mol. The fourth-order valence-corrected chi connectivity index (χ4v) is 9.05. The van der Waals surface area contributed by atoms with Gasteiger partial charge in [0.25, 0.3) is 8.32 Å². The summed E-state index contributed by atoms with van der Waals surface area (Å²) in [6.07, 6.45) is 0.516. The van der Waals surface area contributed by atoms with Crippen LogP contribution in [0.1, 0.15) is 54.9 Å². The van der Waals surface area contributed by atoms with Gasteiger partial charge in [0.2, 0.25) is 0 Å². The molecule has 0 bridgehead atoms. The molecule has 1 aliphatic carbocycles. The van der Waals surface area contributed by atoms with Gasteiger partial charge in [0.15, 0.2) is 6.10 Å². The molecule has 1 saturated carbocycles. The van der Waals surface area contributed by atoms with Gasteiger partial charge < -0.3 is 13.9 Å². The van der Waals surface area contributed by atoms with Crippen molar-refractivity contribution in [3.8, 4) is 0 Å². The third kappa shape index (κ3) is 6.34. The molecule has 3 rings (SSSR count). The lowest BCUT2D eigenvalue weighted by atomic mass is 10.2. The Morgan fingerprint density at radius 3 is 1.82 bits per heavy atom. The van der Waals surface area contributed by atoms with Crippen molar-refractivity contribution in [2.24, 2.45) is 11.8 Å². The summed E-state index contributed by atoms with van der Waals surface area (Å²) in [5.41, 5.74) is -0.500. The molecule has 0 heterocycles. The van der Waals surface area contributed by atoms with Crippen LogP contribution in [0, 0.1) is 11.8 Å². The van der Waals surface area contributed by atoms with Crippen LogP contribution in [-0.4, -0.2) is 39.2 Å². The van der Waals surface area contributed by atoms with Gasteiger partial charge in [-0.05, 0) is 61.4 Å². The van der Waals surface area contributed by atoms with Gasteiger partial charge in [-0.2, -0.15) is 0 Å². The van der Waals surface area contributed by atoms with Crippen molar-refractivity contribution < 1.29 is 18.7 Å². The molecule has 5 heteroatoms. The second-order valence-corrected chi connectivity index (χ2v) is 15.5. The van der Waals surface area contributed by atoms with E-state index < -0.39 is 20.0 Å². The van der Waals surface area contributed by atoms with Crippen LogP contribution in [0.4, 0.5) is 0 Å². The zero-order valence-electron chi connectivity index (χ0n) is 21.3. The molecule has 3 atom stereocenters. The SMILES string of the molecule is CC(OC[C@@H]1C[C@@H]1CO[Si](c1ccccc1)(c1ccccc1)C(C)(C)C)C(=O)OC(C)(C)C. The largest absolute Gasteiger partial charge is 0.458 e. The summed E-state index contributed by atoms with van der Waals surface area (Å²) >= 11 is 0. The Morgan fingerprint density at radius 1 is 0.879 bits per heavy atom. The molecule has 0 amide bonds. The van der Waals surface area contributed by atoms with Gasteiger partial charge in [-0.1, -0.05) is 81.4 Å². The van der Waals surface area contributed by atoms with Crippen LogP contribution in [0.2, 0.25) is 5.04 Å². The maximum Gasteiger partial charge on any atom is 0.335 e. The number of esters is 1. The van der Waals surface area contributed by atoms with Crippen LogP contribution in [-0.2, 0) is 18.7 Å². The number of ether oxygens (including phenoxy) is 2. The first-order valence-electron chi connectivity index (χ1n) is 12.0. The molecule has 0 spiro atoms. The number of benzene rings is 2. The minimum Gasteiger partial charge on any atom is -0.458 e. The topological polar surface area (TPSA) is 44.8 Å². The van der Waals surface area contributed by atoms with Crippen molar-refractivity contribution in [2.75, 3.05) is 13.2 Å². The van der Waals surface area contributed by atoms with E-state index >= 15 is 0 Å². The molecule has 1 unspecified atom stereocenters. The second kappa shape index (κ2) is 10.1. The third-order valence-electron chi connectivity index (χ3n) is 6.30. The quantitative estimate of drug-likeness (QED) is 0.386. The smallest absolute Gasteiger partial charge is 0.335 e. The van der Waals surface area contributed by atoms with E-state index in [2.05, 4.69) is 81.4 Å². The summed E-state index contributed by atoms with van der Waals surface area (Å²) in [5.74, 6) is 0.578. The summed E-state index contributed by atoms with van der Waals surface area (Å²) in [5, 5.41) is 2.58. The average molecular weight is 469 g/mol. The van der Waals surface area contributed by atoms with E-state index in [1.807, 2.05) is 20.8 Å². The van der Waals surface area contributed by atoms with Gasteiger partial charge in [0.1, 0.15) is 5.60 Å². The molecule has 1 aliphatic rings. The Morgan fingerprint density at radius 2 is 1.36 bits per heavy atom. The van der Waals surface area contributed by atoms with E-state index in [1.165, 1.54) is 10.4 Å². The Balaban J connectivity index is 1.68. The van der Waals surface area contributed by atoms with Crippen LogP contribution in [0.25, 0.3) is 0 Å². The summed E-state index contributed by atoms with van der Waals surface area (Å²) in [6.45, 7) is 15.6. The summed E-state index contributed by atoms with van der Waals surface area (Å²) in [7, 11) is -2.51. The minimum atomic E-state index is -2.51. The van der Waals surface area contributed by atoms with Gasteiger partial charge in [-0.15, -0.1) is 0 Å². The highest BCUT2D eigenvalue weighted by Gasteiger charge is 2.51. The predicted octanol–water partition coefficient (Wildman–Crippen LogP) is 4.95. The Kier molecular flexibility index (Phi) is 7.87. The van der Waals surface area contributed by atoms with Crippen LogP contribution in [0.15, 0.2) is 60.7 Å². The van der Waals surface area contributed by atoms with Gasteiger partial charge in [0, 0.05) is 6.61 Å². The normalized spacial score (nSPS) is 19.7. The molecule has 33 heavy (non-hydrogen) atoms. The molecule has 2 aromatic rings. The molecule has 2 aromatic carbocycles. The Hall–Kier alpha value is -1.95. The van der Waals surface area contributed by atoms with Crippen molar-refractivity contribution in [3.05, 3.63) is 60.7 Å². The van der Waals surface area contributed by atoms with Gasteiger partial charge in [-0.3, -0.25) is 0 Å². The van der Waals surface area contributed by atoms with E-state index in [0.717, 1.165) is 6.42 Å². The number of carbonyl (C=O) groups is 1. The molecule has 0 saturated heterocycles. The number of carbonyl (C=O) groups excluding carboxylic acids is 1. The molecule has 1 fully saturated rings. The van der Waals surface area contributed by atoms with Crippen LogP contribution >= 0.6 is 0 Å². The fraction of sp³-hybridized carbons (Fsp3) is 0.536. The van der Waals surface area contributed by atoms with Crippen LogP contribution < -0.4 is 10.4 Å². The first kappa shape index (κ1) is 25.7. The summed E-state index contributed by atoms with van der Waals surface area (Å²) in [6, 6.07) is 21.5. The van der Waals surface area contributed by atoms with E-state index in [9.17, 15) is 4.79 Å². The zero-order chi connectivity index (χ0) is 24.3. The van der Waals surface area contributed by atoms with Crippen molar-refractivity contribution in [2.45, 2.75) is 71.6 Å². The monoisotopic (exact) mass is 468 g/mol. The van der Waals surface area contributed by atoms with Crippen LogP contribution in [0.3, 0.4) is 0 Å². The molecular formula is C28H40O4Si. The van der Waals surface area contributed by atoms with E-state index in [4.69, 9.17) is 13.9 Å². The molecule has 0 aromatic heterocycles. The van der Waals surface area contributed by atoms with Crippen molar-refractivity contribution in [1.82, 2.24) is 0 Å². The predicted molar refractivity (Wildman–Crippen MR) is 136 cm³/mol. The Labute approximate surface area is 200 Å². The number of hydrogen-bond donors (Lipinski definition) is 0. The van der Waals surface area contributed by atoms with Crippen LogP contribution in [0.5, 0.6) is 0 Å². The first-order valence-corrected chi connectivity index (χ1v) is 13.9. The van der Waals surface area contributed by atoms with Crippen molar-refractivity contribution >= 4 is 24.7 Å². The molecule has 0 N–H and O–H groups in total. The highest BCUT2D eigenvalue weighted by atomic mass is 28.4. The highest BCUT2D eigenvalue weighted by molar-refractivity contribution is 6.99. The maximum absolute atomic E-state index is 12.2. The lowest BCUT2D eigenvalue weighted by molar-refractivity contribution is -0.167. The van der Waals surface area contributed by atoms with Crippen molar-refractivity contribution in [3.63, 3.8) is 0 Å². The van der Waals surface area contributed by atoms with Gasteiger partial charge in [0.05, 0.1) is 6.61 Å². The molecule has 0 radical (unpaired) electrons. The van der Waals surface area contributed by atoms with Crippen molar-refractivity contribution in [1.29, 1.82) is 0 Å². The van der Waals surface area contributed by atoms with Gasteiger partial charge >= 0.3 is 5.97 Å². The maximum atomic E-state index is 12.2. The Bertz CT molecular complexity index is 859. The van der Waals surface area contributed by atoms with E-state index in [1.54, 1.807) is 6.92 Å². The van der Waals surface area contributed by atoms with E-state index in [0.29, 0.717) is 25.0 Å². The molecule has 0 aliphatic heterocycles. The average Bonchev–Trinajstić information content (AvgIpc) is 3.50. The van der Waals surface area contributed by atoms with Gasteiger partial charge in [-0.25, -0.2) is 4.79 Å². The minimum absolute atomic E-state index is 0.0260. The fourth-order valence-electron chi connectivity index (χ4n) is 4.43. The first-order chi connectivity index (χ1) is 15.4. The lowest BCUT2D eigenvalue weighted by Crippen LogP contribution is -2.66. The third-order valence-corrected chi connectivity index (χ3v) is 11.3. The molecule has 180 valence electrons. The summed E-state index contributed by atoms with van der Waals surface area (Å²) < 4.78 is 18.3. The highest BCUT2D eigenvalue weighted by Crippen LogP contribution is 2.42. The zero-order valence-corrected chi connectivity index (χ0v) is 22.3. The molecule has 4 nitrogen and oxygen atoms in total.